The fourth-order valence-corrected chi connectivity index (χ4v) is 3.54. The van der Waals surface area contributed by atoms with Crippen molar-refractivity contribution in [2.75, 3.05) is 53.4 Å². The van der Waals surface area contributed by atoms with Gasteiger partial charge in [0.05, 0.1) is 0 Å². The number of piperazine rings is 1. The summed E-state index contributed by atoms with van der Waals surface area (Å²) in [5, 5.41) is 3.61. The first kappa shape index (κ1) is 15.2. The smallest absolute Gasteiger partial charge is 0.0347 e. The van der Waals surface area contributed by atoms with E-state index < -0.39 is 0 Å². The van der Waals surface area contributed by atoms with E-state index in [-0.39, 0.29) is 0 Å². The van der Waals surface area contributed by atoms with Crippen molar-refractivity contribution in [1.82, 2.24) is 20.0 Å². The maximum absolute atomic E-state index is 3.61. The second kappa shape index (κ2) is 7.02. The third kappa shape index (κ3) is 4.15. The highest BCUT2D eigenvalue weighted by molar-refractivity contribution is 4.87. The van der Waals surface area contributed by atoms with E-state index in [1.165, 1.54) is 45.6 Å². The maximum atomic E-state index is 3.61. The minimum atomic E-state index is 0.705. The molecule has 0 aliphatic carbocycles. The fraction of sp³-hybridized carbons (Fsp3) is 1.00. The maximum Gasteiger partial charge on any atom is 0.0347 e. The minimum absolute atomic E-state index is 0.705. The lowest BCUT2D eigenvalue weighted by molar-refractivity contribution is 0.0527. The van der Waals surface area contributed by atoms with Gasteiger partial charge in [-0.15, -0.1) is 0 Å². The summed E-state index contributed by atoms with van der Waals surface area (Å²) < 4.78 is 0. The van der Waals surface area contributed by atoms with Gasteiger partial charge in [0, 0.05) is 44.3 Å². The molecule has 1 N–H and O–H groups in total. The molecule has 19 heavy (non-hydrogen) atoms. The van der Waals surface area contributed by atoms with Gasteiger partial charge in [-0.3, -0.25) is 9.80 Å². The molecular weight excluding hydrogens is 236 g/mol. The Morgan fingerprint density at radius 2 is 1.95 bits per heavy atom. The summed E-state index contributed by atoms with van der Waals surface area (Å²) in [4.78, 5) is 7.72. The highest BCUT2D eigenvalue weighted by Gasteiger charge is 2.29. The van der Waals surface area contributed by atoms with Crippen molar-refractivity contribution < 1.29 is 0 Å². The van der Waals surface area contributed by atoms with E-state index in [4.69, 9.17) is 0 Å². The number of likely N-dealkylation sites (N-methyl/N-ethyl adjacent to an activating group) is 2. The number of nitrogens with zero attached hydrogens (tertiary/aromatic N) is 3. The highest BCUT2D eigenvalue weighted by Crippen LogP contribution is 2.19. The van der Waals surface area contributed by atoms with Crippen LogP contribution in [0.2, 0.25) is 0 Å². The molecule has 112 valence electrons. The van der Waals surface area contributed by atoms with Crippen molar-refractivity contribution in [1.29, 1.82) is 0 Å². The van der Waals surface area contributed by atoms with Crippen LogP contribution in [-0.4, -0.2) is 86.2 Å². The number of hydrogen-bond acceptors (Lipinski definition) is 4. The van der Waals surface area contributed by atoms with Crippen LogP contribution in [0.4, 0.5) is 0 Å². The van der Waals surface area contributed by atoms with Gasteiger partial charge in [-0.1, -0.05) is 6.92 Å². The van der Waals surface area contributed by atoms with Crippen LogP contribution in [0, 0.1) is 0 Å². The predicted molar refractivity (Wildman–Crippen MR) is 81.6 cm³/mol. The average Bonchev–Trinajstić information content (AvgIpc) is 2.37. The molecule has 4 heteroatoms. The molecule has 3 atom stereocenters. The van der Waals surface area contributed by atoms with E-state index in [2.05, 4.69) is 48.0 Å². The molecule has 0 aromatic carbocycles. The van der Waals surface area contributed by atoms with Crippen LogP contribution in [0.15, 0.2) is 0 Å². The standard InChI is InChI=1S/C15H32N4/c1-5-16-14-6-7-19(13(2)10-14)12-15-11-17(3)8-9-18(15)4/h13-16H,5-12H2,1-4H3. The number of nitrogens with one attached hydrogen (secondary N) is 1. The van der Waals surface area contributed by atoms with Gasteiger partial charge in [0.2, 0.25) is 0 Å². The normalized spacial score (nSPS) is 35.7. The van der Waals surface area contributed by atoms with Crippen LogP contribution in [0.25, 0.3) is 0 Å². The average molecular weight is 268 g/mol. The highest BCUT2D eigenvalue weighted by atomic mass is 15.3. The van der Waals surface area contributed by atoms with Crippen LogP contribution < -0.4 is 5.32 Å². The summed E-state index contributed by atoms with van der Waals surface area (Å²) >= 11 is 0. The Labute approximate surface area is 119 Å². The molecule has 4 nitrogen and oxygen atoms in total. The van der Waals surface area contributed by atoms with Gasteiger partial charge in [0.1, 0.15) is 0 Å². The molecule has 2 heterocycles. The second-order valence-corrected chi connectivity index (χ2v) is 6.52. The molecule has 0 radical (unpaired) electrons. The van der Waals surface area contributed by atoms with Gasteiger partial charge in [-0.25, -0.2) is 0 Å². The molecule has 0 amide bonds. The van der Waals surface area contributed by atoms with Crippen molar-refractivity contribution in [3.05, 3.63) is 0 Å². The zero-order valence-corrected chi connectivity index (χ0v) is 13.2. The van der Waals surface area contributed by atoms with E-state index in [1.54, 1.807) is 0 Å². The monoisotopic (exact) mass is 268 g/mol. The van der Waals surface area contributed by atoms with E-state index in [0.717, 1.165) is 18.6 Å². The molecule has 3 unspecified atom stereocenters. The lowest BCUT2D eigenvalue weighted by atomic mass is 9.97. The zero-order valence-electron chi connectivity index (χ0n) is 13.2. The Morgan fingerprint density at radius 1 is 1.16 bits per heavy atom. The van der Waals surface area contributed by atoms with Gasteiger partial charge in [-0.05, 0) is 47.0 Å². The summed E-state index contributed by atoms with van der Waals surface area (Å²) in [6.45, 7) is 11.9. The molecule has 2 aliphatic rings. The van der Waals surface area contributed by atoms with Crippen LogP contribution in [0.1, 0.15) is 26.7 Å². The summed E-state index contributed by atoms with van der Waals surface area (Å²) in [6, 6.07) is 2.17. The molecule has 0 saturated carbocycles. The van der Waals surface area contributed by atoms with Gasteiger partial charge in [0.25, 0.3) is 0 Å². The molecule has 2 saturated heterocycles. The van der Waals surface area contributed by atoms with E-state index in [9.17, 15) is 0 Å². The van der Waals surface area contributed by atoms with Crippen LogP contribution >= 0.6 is 0 Å². The van der Waals surface area contributed by atoms with Gasteiger partial charge < -0.3 is 10.2 Å². The molecule has 0 aromatic rings. The van der Waals surface area contributed by atoms with Gasteiger partial charge in [-0.2, -0.15) is 0 Å². The van der Waals surface area contributed by atoms with Crippen LogP contribution in [0.3, 0.4) is 0 Å². The van der Waals surface area contributed by atoms with Crippen LogP contribution in [-0.2, 0) is 0 Å². The molecular formula is C15H32N4. The number of piperidine rings is 1. The van der Waals surface area contributed by atoms with Crippen molar-refractivity contribution in [3.8, 4) is 0 Å². The van der Waals surface area contributed by atoms with E-state index >= 15 is 0 Å². The first-order valence-electron chi connectivity index (χ1n) is 7.96. The van der Waals surface area contributed by atoms with Crippen molar-refractivity contribution in [2.24, 2.45) is 0 Å². The lowest BCUT2D eigenvalue weighted by Gasteiger charge is -2.44. The van der Waals surface area contributed by atoms with Crippen molar-refractivity contribution in [2.45, 2.75) is 44.8 Å². The van der Waals surface area contributed by atoms with Gasteiger partial charge in [0.15, 0.2) is 0 Å². The minimum Gasteiger partial charge on any atom is -0.314 e. The summed E-state index contributed by atoms with van der Waals surface area (Å²) in [7, 11) is 4.54. The summed E-state index contributed by atoms with van der Waals surface area (Å²) in [6.07, 6.45) is 2.62. The topological polar surface area (TPSA) is 21.8 Å². The number of rotatable bonds is 4. The first-order chi connectivity index (χ1) is 9.10. The quantitative estimate of drug-likeness (QED) is 0.810. The fourth-order valence-electron chi connectivity index (χ4n) is 3.54. The Hall–Kier alpha value is -0.160. The Balaban J connectivity index is 1.82. The van der Waals surface area contributed by atoms with Crippen molar-refractivity contribution >= 4 is 0 Å². The molecule has 0 bridgehead atoms. The molecule has 0 spiro atoms. The number of likely N-dealkylation sites (tertiary alicyclic amines) is 1. The lowest BCUT2D eigenvalue weighted by Crippen LogP contribution is -2.57. The van der Waals surface area contributed by atoms with E-state index in [1.807, 2.05) is 0 Å². The molecule has 2 rings (SSSR count). The van der Waals surface area contributed by atoms with Crippen LogP contribution in [0.5, 0.6) is 0 Å². The Bertz CT molecular complexity index is 271. The zero-order chi connectivity index (χ0) is 13.8. The predicted octanol–water partition coefficient (Wildman–Crippen LogP) is 0.695. The Kier molecular flexibility index (Phi) is 5.63. The molecule has 2 aliphatic heterocycles. The van der Waals surface area contributed by atoms with Gasteiger partial charge >= 0.3 is 0 Å². The second-order valence-electron chi connectivity index (χ2n) is 6.52. The summed E-state index contributed by atoms with van der Waals surface area (Å²) in [5.74, 6) is 0. The number of hydrogen-bond donors (Lipinski definition) is 1. The molecule has 0 aromatic heterocycles. The third-order valence-electron chi connectivity index (χ3n) is 4.93. The largest absolute Gasteiger partial charge is 0.314 e. The molecule has 2 fully saturated rings. The SMILES string of the molecule is CCNC1CCN(CC2CN(C)CCN2C)C(C)C1. The van der Waals surface area contributed by atoms with Crippen molar-refractivity contribution in [3.63, 3.8) is 0 Å². The first-order valence-corrected chi connectivity index (χ1v) is 7.96. The third-order valence-corrected chi connectivity index (χ3v) is 4.93. The summed E-state index contributed by atoms with van der Waals surface area (Å²) in [5.41, 5.74) is 0. The Morgan fingerprint density at radius 3 is 2.63 bits per heavy atom. The van der Waals surface area contributed by atoms with E-state index in [0.29, 0.717) is 6.04 Å².